The smallest absolute Gasteiger partial charge is 0.0600 e. The van der Waals surface area contributed by atoms with Crippen molar-refractivity contribution in [1.29, 1.82) is 0 Å². The number of nitrogens with one attached hydrogen (secondary N) is 1. The van der Waals surface area contributed by atoms with Crippen molar-refractivity contribution < 1.29 is 4.74 Å². The molecule has 0 aromatic heterocycles. The zero-order chi connectivity index (χ0) is 9.10. The van der Waals surface area contributed by atoms with Crippen LogP contribution in [-0.2, 0) is 4.74 Å². The maximum Gasteiger partial charge on any atom is 0.0600 e. The van der Waals surface area contributed by atoms with Crippen LogP contribution in [0, 0.1) is 11.8 Å². The van der Waals surface area contributed by atoms with Gasteiger partial charge in [-0.1, -0.05) is 19.8 Å². The lowest BCUT2D eigenvalue weighted by atomic mass is 9.88. The average Bonchev–Trinajstić information content (AvgIpc) is 2.05. The fourth-order valence-corrected chi connectivity index (χ4v) is 2.26. The van der Waals surface area contributed by atoms with Crippen LogP contribution in [0.15, 0.2) is 0 Å². The Balaban J connectivity index is 1.66. The highest BCUT2D eigenvalue weighted by atomic mass is 16.5. The predicted octanol–water partition coefficient (Wildman–Crippen LogP) is 1.80. The molecule has 2 nitrogen and oxygen atoms in total. The molecule has 2 aliphatic rings. The second kappa shape index (κ2) is 4.43. The molecule has 76 valence electrons. The molecule has 0 radical (unpaired) electrons. The molecule has 0 amide bonds. The van der Waals surface area contributed by atoms with E-state index in [0.29, 0.717) is 6.10 Å². The minimum Gasteiger partial charge on any atom is -0.378 e. The van der Waals surface area contributed by atoms with E-state index in [-0.39, 0.29) is 0 Å². The van der Waals surface area contributed by atoms with E-state index in [4.69, 9.17) is 4.74 Å². The van der Waals surface area contributed by atoms with Gasteiger partial charge in [0.2, 0.25) is 0 Å². The van der Waals surface area contributed by atoms with Crippen LogP contribution in [0.3, 0.4) is 0 Å². The third-order valence-electron chi connectivity index (χ3n) is 3.44. The van der Waals surface area contributed by atoms with Crippen molar-refractivity contribution in [1.82, 2.24) is 5.32 Å². The third kappa shape index (κ3) is 2.44. The van der Waals surface area contributed by atoms with Crippen LogP contribution < -0.4 is 5.32 Å². The fourth-order valence-electron chi connectivity index (χ4n) is 2.26. The number of hydrogen-bond donors (Lipinski definition) is 1. The largest absolute Gasteiger partial charge is 0.378 e. The highest BCUT2D eigenvalue weighted by Crippen LogP contribution is 2.26. The highest BCUT2D eigenvalue weighted by molar-refractivity contribution is 4.77. The Kier molecular flexibility index (Phi) is 3.23. The molecule has 1 saturated heterocycles. The highest BCUT2D eigenvalue weighted by Gasteiger charge is 2.24. The lowest BCUT2D eigenvalue weighted by molar-refractivity contribution is -0.0291. The molecule has 2 unspecified atom stereocenters. The summed E-state index contributed by atoms with van der Waals surface area (Å²) in [5.41, 5.74) is 0. The summed E-state index contributed by atoms with van der Waals surface area (Å²) in [6.07, 6.45) is 6.01. The minimum absolute atomic E-state index is 0.564. The van der Waals surface area contributed by atoms with E-state index in [2.05, 4.69) is 12.2 Å². The molecule has 0 bridgehead atoms. The first-order valence-corrected chi connectivity index (χ1v) is 5.68. The summed E-state index contributed by atoms with van der Waals surface area (Å²) in [5, 5.41) is 3.28. The van der Waals surface area contributed by atoms with Crippen molar-refractivity contribution >= 4 is 0 Å². The van der Waals surface area contributed by atoms with Gasteiger partial charge >= 0.3 is 0 Å². The Morgan fingerprint density at radius 2 is 2.00 bits per heavy atom. The van der Waals surface area contributed by atoms with Crippen molar-refractivity contribution in [3.8, 4) is 0 Å². The van der Waals surface area contributed by atoms with Crippen molar-refractivity contribution in [3.63, 3.8) is 0 Å². The van der Waals surface area contributed by atoms with Gasteiger partial charge in [0.15, 0.2) is 0 Å². The van der Waals surface area contributed by atoms with E-state index in [1.165, 1.54) is 38.8 Å². The van der Waals surface area contributed by atoms with Gasteiger partial charge in [0, 0.05) is 19.0 Å². The van der Waals surface area contributed by atoms with Crippen LogP contribution >= 0.6 is 0 Å². The molecule has 2 heteroatoms. The normalized spacial score (nSPS) is 35.8. The summed E-state index contributed by atoms with van der Waals surface area (Å²) >= 11 is 0. The van der Waals surface area contributed by atoms with E-state index in [1.54, 1.807) is 0 Å². The van der Waals surface area contributed by atoms with Gasteiger partial charge in [0.1, 0.15) is 0 Å². The number of ether oxygens (including phenoxy) is 1. The summed E-state index contributed by atoms with van der Waals surface area (Å²) in [5.74, 6) is 1.59. The minimum atomic E-state index is 0.564. The Morgan fingerprint density at radius 3 is 2.62 bits per heavy atom. The Morgan fingerprint density at radius 1 is 1.23 bits per heavy atom. The zero-order valence-corrected chi connectivity index (χ0v) is 8.59. The van der Waals surface area contributed by atoms with Gasteiger partial charge in [-0.3, -0.25) is 0 Å². The van der Waals surface area contributed by atoms with Crippen LogP contribution in [-0.4, -0.2) is 25.8 Å². The second-order valence-corrected chi connectivity index (χ2v) is 4.66. The summed E-state index contributed by atoms with van der Waals surface area (Å²) in [7, 11) is 0. The van der Waals surface area contributed by atoms with E-state index in [0.717, 1.165) is 18.4 Å². The Bertz CT molecular complexity index is 156. The molecule has 13 heavy (non-hydrogen) atoms. The molecular weight excluding hydrogens is 162 g/mol. The Hall–Kier alpha value is -0.0800. The fraction of sp³-hybridized carbons (Fsp3) is 1.00. The van der Waals surface area contributed by atoms with Crippen LogP contribution in [0.25, 0.3) is 0 Å². The quantitative estimate of drug-likeness (QED) is 0.720. The standard InChI is InChI=1S/C11H21NO/c1-9-4-2-3-5-11(9)13-8-10-6-12-7-10/h9-12H,2-8H2,1H3. The first kappa shape index (κ1) is 9.47. The monoisotopic (exact) mass is 183 g/mol. The molecule has 1 aliphatic heterocycles. The SMILES string of the molecule is CC1CCCCC1OCC1CNC1. The average molecular weight is 183 g/mol. The summed E-state index contributed by atoms with van der Waals surface area (Å²) < 4.78 is 5.96. The molecule has 1 aliphatic carbocycles. The topological polar surface area (TPSA) is 21.3 Å². The van der Waals surface area contributed by atoms with Gasteiger partial charge in [-0.05, 0) is 18.8 Å². The lowest BCUT2D eigenvalue weighted by Crippen LogP contribution is -2.45. The zero-order valence-electron chi connectivity index (χ0n) is 8.59. The van der Waals surface area contributed by atoms with Gasteiger partial charge in [-0.15, -0.1) is 0 Å². The molecule has 0 aromatic carbocycles. The molecule has 1 N–H and O–H groups in total. The molecule has 2 atom stereocenters. The van der Waals surface area contributed by atoms with Crippen LogP contribution in [0.4, 0.5) is 0 Å². The van der Waals surface area contributed by atoms with E-state index in [1.807, 2.05) is 0 Å². The van der Waals surface area contributed by atoms with Gasteiger partial charge in [-0.25, -0.2) is 0 Å². The van der Waals surface area contributed by atoms with Crippen molar-refractivity contribution in [3.05, 3.63) is 0 Å². The Labute approximate surface area is 81.0 Å². The van der Waals surface area contributed by atoms with E-state index >= 15 is 0 Å². The molecule has 0 aromatic rings. The summed E-state index contributed by atoms with van der Waals surface area (Å²) in [4.78, 5) is 0. The number of hydrogen-bond acceptors (Lipinski definition) is 2. The summed E-state index contributed by atoms with van der Waals surface area (Å²) in [6.45, 7) is 5.66. The van der Waals surface area contributed by atoms with E-state index in [9.17, 15) is 0 Å². The first-order chi connectivity index (χ1) is 6.36. The second-order valence-electron chi connectivity index (χ2n) is 4.66. The van der Waals surface area contributed by atoms with Gasteiger partial charge < -0.3 is 10.1 Å². The number of rotatable bonds is 3. The van der Waals surface area contributed by atoms with Crippen LogP contribution in [0.5, 0.6) is 0 Å². The molecule has 1 heterocycles. The van der Waals surface area contributed by atoms with Gasteiger partial charge in [0.25, 0.3) is 0 Å². The van der Waals surface area contributed by atoms with Crippen molar-refractivity contribution in [2.24, 2.45) is 11.8 Å². The van der Waals surface area contributed by atoms with E-state index < -0.39 is 0 Å². The van der Waals surface area contributed by atoms with Gasteiger partial charge in [0.05, 0.1) is 12.7 Å². The predicted molar refractivity (Wildman–Crippen MR) is 53.7 cm³/mol. The molecule has 2 rings (SSSR count). The molecule has 2 fully saturated rings. The molecular formula is C11H21NO. The van der Waals surface area contributed by atoms with Crippen molar-refractivity contribution in [2.45, 2.75) is 38.7 Å². The van der Waals surface area contributed by atoms with Crippen LogP contribution in [0.1, 0.15) is 32.6 Å². The third-order valence-corrected chi connectivity index (χ3v) is 3.44. The van der Waals surface area contributed by atoms with Crippen LogP contribution in [0.2, 0.25) is 0 Å². The maximum absolute atomic E-state index is 5.96. The molecule has 1 saturated carbocycles. The maximum atomic E-state index is 5.96. The van der Waals surface area contributed by atoms with Crippen molar-refractivity contribution in [2.75, 3.05) is 19.7 Å². The lowest BCUT2D eigenvalue weighted by Gasteiger charge is -2.33. The first-order valence-electron chi connectivity index (χ1n) is 5.68. The van der Waals surface area contributed by atoms with Gasteiger partial charge in [-0.2, -0.15) is 0 Å². The summed E-state index contributed by atoms with van der Waals surface area (Å²) in [6, 6.07) is 0. The molecule has 0 spiro atoms.